The molecule has 1 rings (SSSR count). The molecule has 1 saturated carbocycles. The molecule has 18 heavy (non-hydrogen) atoms. The smallest absolute Gasteiger partial charge is 0.328 e. The van der Waals surface area contributed by atoms with Crippen LogP contribution in [0.1, 0.15) is 25.7 Å². The van der Waals surface area contributed by atoms with Crippen molar-refractivity contribution in [3.63, 3.8) is 0 Å². The summed E-state index contributed by atoms with van der Waals surface area (Å²) in [5, 5.41) is 28.8. The first-order valence-corrected chi connectivity index (χ1v) is 6.11. The predicted octanol–water partition coefficient (Wildman–Crippen LogP) is -0.622. The molecule has 4 N–H and O–H groups in total. The Labute approximate surface area is 105 Å². The highest BCUT2D eigenvalue weighted by atomic mass is 16.4. The van der Waals surface area contributed by atoms with Crippen LogP contribution in [-0.4, -0.2) is 64.1 Å². The van der Waals surface area contributed by atoms with Crippen molar-refractivity contribution in [1.82, 2.24) is 10.2 Å². The highest BCUT2D eigenvalue weighted by Gasteiger charge is 2.28. The maximum absolute atomic E-state index is 11.9. The van der Waals surface area contributed by atoms with Gasteiger partial charge in [0.1, 0.15) is 0 Å². The van der Waals surface area contributed by atoms with Crippen LogP contribution in [0.3, 0.4) is 0 Å². The van der Waals surface area contributed by atoms with Crippen LogP contribution >= 0.6 is 0 Å². The molecule has 1 fully saturated rings. The minimum atomic E-state index is -1.31. The minimum Gasteiger partial charge on any atom is -0.480 e. The fraction of sp³-hybridized carbons (Fsp3) is 0.818. The van der Waals surface area contributed by atoms with E-state index in [1.54, 1.807) is 0 Å². The van der Waals surface area contributed by atoms with Crippen molar-refractivity contribution < 1.29 is 24.9 Å². The van der Waals surface area contributed by atoms with Crippen molar-refractivity contribution in [2.24, 2.45) is 0 Å². The van der Waals surface area contributed by atoms with Crippen LogP contribution in [0.2, 0.25) is 0 Å². The van der Waals surface area contributed by atoms with Crippen LogP contribution < -0.4 is 5.32 Å². The number of hydrogen-bond acceptors (Lipinski definition) is 4. The van der Waals surface area contributed by atoms with Gasteiger partial charge < -0.3 is 25.5 Å². The number of hydrogen-bond donors (Lipinski definition) is 4. The lowest BCUT2D eigenvalue weighted by Crippen LogP contribution is -2.52. The second kappa shape index (κ2) is 7.17. The molecule has 0 heterocycles. The molecule has 104 valence electrons. The van der Waals surface area contributed by atoms with E-state index in [1.165, 1.54) is 4.90 Å². The fourth-order valence-electron chi connectivity index (χ4n) is 2.19. The summed E-state index contributed by atoms with van der Waals surface area (Å²) >= 11 is 0. The Bertz CT molecular complexity index is 291. The third-order valence-corrected chi connectivity index (χ3v) is 3.15. The first-order valence-electron chi connectivity index (χ1n) is 6.11. The Morgan fingerprint density at radius 2 is 1.89 bits per heavy atom. The summed E-state index contributed by atoms with van der Waals surface area (Å²) in [4.78, 5) is 24.1. The van der Waals surface area contributed by atoms with Gasteiger partial charge in [0.25, 0.3) is 0 Å². The zero-order chi connectivity index (χ0) is 13.5. The second-order valence-electron chi connectivity index (χ2n) is 4.38. The lowest BCUT2D eigenvalue weighted by molar-refractivity contribution is -0.140. The Kier molecular flexibility index (Phi) is 5.87. The lowest BCUT2D eigenvalue weighted by Gasteiger charge is -2.29. The average Bonchev–Trinajstić information content (AvgIpc) is 2.85. The molecule has 1 aliphatic rings. The molecular weight excluding hydrogens is 240 g/mol. The largest absolute Gasteiger partial charge is 0.480 e. The summed E-state index contributed by atoms with van der Waals surface area (Å²) in [7, 11) is 0. The molecule has 7 nitrogen and oxygen atoms in total. The zero-order valence-electron chi connectivity index (χ0n) is 10.2. The van der Waals surface area contributed by atoms with Gasteiger partial charge in [0.15, 0.2) is 6.04 Å². The molecule has 0 unspecified atom stereocenters. The monoisotopic (exact) mass is 260 g/mol. The van der Waals surface area contributed by atoms with E-state index in [0.717, 1.165) is 25.7 Å². The van der Waals surface area contributed by atoms with Gasteiger partial charge in [-0.25, -0.2) is 9.59 Å². The molecule has 1 aliphatic carbocycles. The van der Waals surface area contributed by atoms with Crippen LogP contribution in [0.15, 0.2) is 0 Å². The number of aliphatic hydroxyl groups is 2. The molecule has 0 aromatic heterocycles. The number of amides is 2. The molecule has 0 aliphatic heterocycles. The van der Waals surface area contributed by atoms with Crippen molar-refractivity contribution in [2.75, 3.05) is 19.8 Å². The van der Waals surface area contributed by atoms with Crippen molar-refractivity contribution in [3.8, 4) is 0 Å². The van der Waals surface area contributed by atoms with Gasteiger partial charge in [0, 0.05) is 12.6 Å². The number of aliphatic hydroxyl groups excluding tert-OH is 2. The van der Waals surface area contributed by atoms with E-state index in [1.807, 2.05) is 0 Å². The summed E-state index contributed by atoms with van der Waals surface area (Å²) in [6, 6.07) is -1.80. The number of carboxylic acids is 1. The van der Waals surface area contributed by atoms with E-state index in [4.69, 9.17) is 15.3 Å². The van der Waals surface area contributed by atoms with E-state index in [9.17, 15) is 9.59 Å². The van der Waals surface area contributed by atoms with E-state index >= 15 is 0 Å². The zero-order valence-corrected chi connectivity index (χ0v) is 10.2. The van der Waals surface area contributed by atoms with Crippen molar-refractivity contribution in [1.29, 1.82) is 0 Å². The first kappa shape index (κ1) is 14.7. The van der Waals surface area contributed by atoms with Gasteiger partial charge in [-0.15, -0.1) is 0 Å². The van der Waals surface area contributed by atoms with Gasteiger partial charge in [-0.1, -0.05) is 12.8 Å². The summed E-state index contributed by atoms with van der Waals surface area (Å²) in [6.07, 6.45) is 3.79. The summed E-state index contributed by atoms with van der Waals surface area (Å²) in [5.74, 6) is -1.28. The maximum Gasteiger partial charge on any atom is 0.328 e. The summed E-state index contributed by atoms with van der Waals surface area (Å²) in [5.41, 5.74) is 0. The minimum absolute atomic E-state index is 0.0466. The molecule has 0 saturated heterocycles. The molecular formula is C11H20N2O5. The molecule has 0 aromatic carbocycles. The molecule has 0 spiro atoms. The molecule has 7 heteroatoms. The molecule has 0 radical (unpaired) electrons. The van der Waals surface area contributed by atoms with Crippen molar-refractivity contribution in [2.45, 2.75) is 37.8 Å². The standard InChI is InChI=1S/C11H20N2O5/c14-6-5-13(8-3-1-2-4-8)11(18)12-9(7-15)10(16)17/h8-9,14-15H,1-7H2,(H,12,18)(H,16,17)/t9-/m0/s1. The fourth-order valence-corrected chi connectivity index (χ4v) is 2.19. The van der Waals surface area contributed by atoms with Crippen LogP contribution in [0.5, 0.6) is 0 Å². The Morgan fingerprint density at radius 3 is 2.33 bits per heavy atom. The van der Waals surface area contributed by atoms with Gasteiger partial charge in [-0.2, -0.15) is 0 Å². The van der Waals surface area contributed by atoms with Gasteiger partial charge in [0.05, 0.1) is 13.2 Å². The van der Waals surface area contributed by atoms with Crippen LogP contribution in [0.4, 0.5) is 4.79 Å². The summed E-state index contributed by atoms with van der Waals surface area (Å²) < 4.78 is 0. The van der Waals surface area contributed by atoms with E-state index in [2.05, 4.69) is 5.32 Å². The molecule has 0 bridgehead atoms. The number of nitrogens with one attached hydrogen (secondary N) is 1. The number of carbonyl (C=O) groups excluding carboxylic acids is 1. The summed E-state index contributed by atoms with van der Waals surface area (Å²) in [6.45, 7) is -0.645. The average molecular weight is 260 g/mol. The van der Waals surface area contributed by atoms with Crippen molar-refractivity contribution >= 4 is 12.0 Å². The van der Waals surface area contributed by atoms with E-state index < -0.39 is 24.6 Å². The Hall–Kier alpha value is -1.34. The highest BCUT2D eigenvalue weighted by Crippen LogP contribution is 2.23. The second-order valence-corrected chi connectivity index (χ2v) is 4.38. The number of carboxylic acid groups (broad SMARTS) is 1. The molecule has 0 aromatic rings. The van der Waals surface area contributed by atoms with Crippen LogP contribution in [-0.2, 0) is 4.79 Å². The third-order valence-electron chi connectivity index (χ3n) is 3.15. The quantitative estimate of drug-likeness (QED) is 0.508. The van der Waals surface area contributed by atoms with Crippen LogP contribution in [0, 0.1) is 0 Å². The van der Waals surface area contributed by atoms with E-state index in [-0.39, 0.29) is 19.2 Å². The SMILES string of the molecule is O=C(O)[C@H](CO)NC(=O)N(CCO)C1CCCC1. The first-order chi connectivity index (χ1) is 8.60. The molecule has 2 amide bonds. The van der Waals surface area contributed by atoms with Crippen molar-refractivity contribution in [3.05, 3.63) is 0 Å². The van der Waals surface area contributed by atoms with Gasteiger partial charge in [0.2, 0.25) is 0 Å². The van der Waals surface area contributed by atoms with Gasteiger partial charge in [-0.05, 0) is 12.8 Å². The van der Waals surface area contributed by atoms with Crippen LogP contribution in [0.25, 0.3) is 0 Å². The normalized spacial score (nSPS) is 17.4. The topological polar surface area (TPSA) is 110 Å². The van der Waals surface area contributed by atoms with Gasteiger partial charge >= 0.3 is 12.0 Å². The predicted molar refractivity (Wildman–Crippen MR) is 63.1 cm³/mol. The van der Waals surface area contributed by atoms with E-state index in [0.29, 0.717) is 0 Å². The lowest BCUT2D eigenvalue weighted by atomic mass is 10.2. The highest BCUT2D eigenvalue weighted by molar-refractivity contribution is 5.82. The Balaban J connectivity index is 2.60. The van der Waals surface area contributed by atoms with Gasteiger partial charge in [-0.3, -0.25) is 0 Å². The number of aliphatic carboxylic acids is 1. The third kappa shape index (κ3) is 3.85. The number of rotatable bonds is 6. The maximum atomic E-state index is 11.9. The number of urea groups is 1. The number of carbonyl (C=O) groups is 2. The molecule has 1 atom stereocenters. The Morgan fingerprint density at radius 1 is 1.28 bits per heavy atom. The number of nitrogens with zero attached hydrogens (tertiary/aromatic N) is 1.